The first-order valence-electron chi connectivity index (χ1n) is 4.80. The maximum Gasteiger partial charge on any atom is 0.153 e. The standard InChI is InChI=1S/C13H10O3/c14-9-10-8-11(15)6-7-13(10)16-12-4-2-1-3-5-12/h1-9,15H. The molecule has 0 spiro atoms. The highest BCUT2D eigenvalue weighted by Crippen LogP contribution is 2.26. The van der Waals surface area contributed by atoms with Crippen molar-refractivity contribution in [2.24, 2.45) is 0 Å². The highest BCUT2D eigenvalue weighted by molar-refractivity contribution is 5.80. The minimum absolute atomic E-state index is 0.0440. The highest BCUT2D eigenvalue weighted by Gasteiger charge is 2.04. The quantitative estimate of drug-likeness (QED) is 0.799. The summed E-state index contributed by atoms with van der Waals surface area (Å²) in [5.74, 6) is 1.12. The summed E-state index contributed by atoms with van der Waals surface area (Å²) in [6.45, 7) is 0. The van der Waals surface area contributed by atoms with Crippen molar-refractivity contribution >= 4 is 6.29 Å². The summed E-state index contributed by atoms with van der Waals surface area (Å²) in [7, 11) is 0. The molecule has 16 heavy (non-hydrogen) atoms. The molecule has 0 aromatic heterocycles. The average Bonchev–Trinajstić information content (AvgIpc) is 2.33. The Morgan fingerprint density at radius 1 is 1.06 bits per heavy atom. The van der Waals surface area contributed by atoms with Gasteiger partial charge >= 0.3 is 0 Å². The minimum Gasteiger partial charge on any atom is -0.508 e. The summed E-state index contributed by atoms with van der Waals surface area (Å²) in [5.41, 5.74) is 0.323. The van der Waals surface area contributed by atoms with E-state index >= 15 is 0 Å². The molecule has 0 bridgehead atoms. The van der Waals surface area contributed by atoms with E-state index in [4.69, 9.17) is 4.74 Å². The summed E-state index contributed by atoms with van der Waals surface area (Å²) in [6.07, 6.45) is 0.651. The molecule has 0 saturated carbocycles. The molecule has 0 unspecified atom stereocenters. The number of phenols is 1. The van der Waals surface area contributed by atoms with Crippen molar-refractivity contribution in [1.82, 2.24) is 0 Å². The summed E-state index contributed by atoms with van der Waals surface area (Å²) in [4.78, 5) is 10.8. The summed E-state index contributed by atoms with van der Waals surface area (Å²) in [6, 6.07) is 13.6. The Balaban J connectivity index is 2.31. The van der Waals surface area contributed by atoms with Gasteiger partial charge in [0.25, 0.3) is 0 Å². The molecule has 80 valence electrons. The topological polar surface area (TPSA) is 46.5 Å². The Labute approximate surface area is 92.9 Å². The van der Waals surface area contributed by atoms with Crippen LogP contribution in [0.15, 0.2) is 48.5 Å². The van der Waals surface area contributed by atoms with E-state index < -0.39 is 0 Å². The van der Waals surface area contributed by atoms with Gasteiger partial charge in [0.1, 0.15) is 17.2 Å². The molecule has 0 aliphatic rings. The molecular formula is C13H10O3. The third-order valence-corrected chi connectivity index (χ3v) is 2.09. The van der Waals surface area contributed by atoms with Gasteiger partial charge in [-0.15, -0.1) is 0 Å². The maximum atomic E-state index is 10.8. The molecule has 2 aromatic rings. The highest BCUT2D eigenvalue weighted by atomic mass is 16.5. The summed E-state index contributed by atoms with van der Waals surface area (Å²) in [5, 5.41) is 9.22. The SMILES string of the molecule is O=Cc1cc(O)ccc1Oc1ccccc1. The fourth-order valence-electron chi connectivity index (χ4n) is 1.34. The molecule has 0 fully saturated rings. The predicted octanol–water partition coefficient (Wildman–Crippen LogP) is 3.00. The van der Waals surface area contributed by atoms with Crippen LogP contribution in [-0.2, 0) is 0 Å². The van der Waals surface area contributed by atoms with Gasteiger partial charge in [-0.1, -0.05) is 18.2 Å². The van der Waals surface area contributed by atoms with Crippen LogP contribution in [-0.4, -0.2) is 11.4 Å². The van der Waals surface area contributed by atoms with E-state index in [1.165, 1.54) is 12.1 Å². The third kappa shape index (κ3) is 2.20. The average molecular weight is 214 g/mol. The number of carbonyl (C=O) groups is 1. The Kier molecular flexibility index (Phi) is 2.87. The molecule has 1 N–H and O–H groups in total. The molecule has 3 heteroatoms. The van der Waals surface area contributed by atoms with Crippen LogP contribution in [0.5, 0.6) is 17.2 Å². The predicted molar refractivity (Wildman–Crippen MR) is 60.0 cm³/mol. The van der Waals surface area contributed by atoms with Crippen molar-refractivity contribution in [3.05, 3.63) is 54.1 Å². The van der Waals surface area contributed by atoms with Crippen LogP contribution in [0.3, 0.4) is 0 Å². The molecule has 0 amide bonds. The Morgan fingerprint density at radius 3 is 2.50 bits per heavy atom. The van der Waals surface area contributed by atoms with Crippen molar-refractivity contribution in [3.63, 3.8) is 0 Å². The van der Waals surface area contributed by atoms with Gasteiger partial charge < -0.3 is 9.84 Å². The van der Waals surface area contributed by atoms with Crippen LogP contribution in [0.1, 0.15) is 10.4 Å². The first-order valence-corrected chi connectivity index (χ1v) is 4.80. The molecule has 2 aromatic carbocycles. The van der Waals surface area contributed by atoms with Crippen LogP contribution in [0, 0.1) is 0 Å². The zero-order valence-electron chi connectivity index (χ0n) is 8.46. The van der Waals surface area contributed by atoms with Gasteiger partial charge in [0.05, 0.1) is 5.56 Å². The van der Waals surface area contributed by atoms with Crippen molar-refractivity contribution in [3.8, 4) is 17.2 Å². The molecule has 0 aliphatic carbocycles. The number of hydrogen-bond acceptors (Lipinski definition) is 3. The lowest BCUT2D eigenvalue weighted by Crippen LogP contribution is -1.89. The molecule has 2 rings (SSSR count). The molecule has 3 nitrogen and oxygen atoms in total. The monoisotopic (exact) mass is 214 g/mol. The van der Waals surface area contributed by atoms with Crippen molar-refractivity contribution in [1.29, 1.82) is 0 Å². The van der Waals surface area contributed by atoms with Crippen molar-refractivity contribution in [2.75, 3.05) is 0 Å². The van der Waals surface area contributed by atoms with E-state index in [1.54, 1.807) is 18.2 Å². The fourth-order valence-corrected chi connectivity index (χ4v) is 1.34. The normalized spacial score (nSPS) is 9.75. The number of aromatic hydroxyl groups is 1. The Bertz CT molecular complexity index is 492. The number of benzene rings is 2. The number of aldehydes is 1. The zero-order chi connectivity index (χ0) is 11.4. The lowest BCUT2D eigenvalue weighted by molar-refractivity contribution is 0.112. The molecular weight excluding hydrogens is 204 g/mol. The van der Waals surface area contributed by atoms with Crippen molar-refractivity contribution < 1.29 is 14.6 Å². The van der Waals surface area contributed by atoms with Gasteiger partial charge in [0.2, 0.25) is 0 Å². The number of rotatable bonds is 3. The summed E-state index contributed by atoms with van der Waals surface area (Å²) < 4.78 is 5.51. The van der Waals surface area contributed by atoms with E-state index in [1.807, 2.05) is 18.2 Å². The molecule has 0 saturated heterocycles. The number of phenolic OH excluding ortho intramolecular Hbond substituents is 1. The second-order valence-electron chi connectivity index (χ2n) is 3.26. The van der Waals surface area contributed by atoms with E-state index in [-0.39, 0.29) is 5.75 Å². The molecule has 0 heterocycles. The molecule has 0 aliphatic heterocycles. The lowest BCUT2D eigenvalue weighted by Gasteiger charge is -2.07. The van der Waals surface area contributed by atoms with Gasteiger partial charge in [0.15, 0.2) is 6.29 Å². The van der Waals surface area contributed by atoms with Crippen LogP contribution in [0.25, 0.3) is 0 Å². The van der Waals surface area contributed by atoms with Gasteiger partial charge in [-0.25, -0.2) is 0 Å². The second kappa shape index (κ2) is 4.49. The summed E-state index contributed by atoms with van der Waals surface area (Å²) >= 11 is 0. The Hall–Kier alpha value is -2.29. The first-order chi connectivity index (χ1) is 7.79. The zero-order valence-corrected chi connectivity index (χ0v) is 8.46. The first kappa shape index (κ1) is 10.2. The van der Waals surface area contributed by atoms with E-state index in [9.17, 15) is 9.90 Å². The smallest absolute Gasteiger partial charge is 0.153 e. The lowest BCUT2D eigenvalue weighted by atomic mass is 10.2. The number of hydrogen-bond donors (Lipinski definition) is 1. The number of ether oxygens (including phenoxy) is 1. The van der Waals surface area contributed by atoms with Crippen LogP contribution < -0.4 is 4.74 Å². The molecule has 0 radical (unpaired) electrons. The Morgan fingerprint density at radius 2 is 1.81 bits per heavy atom. The van der Waals surface area contributed by atoms with Crippen LogP contribution in [0.4, 0.5) is 0 Å². The minimum atomic E-state index is 0.0440. The third-order valence-electron chi connectivity index (χ3n) is 2.09. The van der Waals surface area contributed by atoms with Gasteiger partial charge in [-0.3, -0.25) is 4.79 Å². The van der Waals surface area contributed by atoms with Crippen LogP contribution >= 0.6 is 0 Å². The van der Waals surface area contributed by atoms with Gasteiger partial charge in [-0.2, -0.15) is 0 Å². The molecule has 0 atom stereocenters. The van der Waals surface area contributed by atoms with E-state index in [0.29, 0.717) is 23.3 Å². The second-order valence-corrected chi connectivity index (χ2v) is 3.26. The van der Waals surface area contributed by atoms with Gasteiger partial charge in [-0.05, 0) is 30.3 Å². The van der Waals surface area contributed by atoms with Crippen LogP contribution in [0.2, 0.25) is 0 Å². The van der Waals surface area contributed by atoms with Crippen molar-refractivity contribution in [2.45, 2.75) is 0 Å². The van der Waals surface area contributed by atoms with E-state index in [0.717, 1.165) is 0 Å². The number of carbonyl (C=O) groups excluding carboxylic acids is 1. The fraction of sp³-hybridized carbons (Fsp3) is 0. The maximum absolute atomic E-state index is 10.8. The largest absolute Gasteiger partial charge is 0.508 e. The van der Waals surface area contributed by atoms with E-state index in [2.05, 4.69) is 0 Å². The number of para-hydroxylation sites is 1. The van der Waals surface area contributed by atoms with Gasteiger partial charge in [0, 0.05) is 0 Å².